The van der Waals surface area contributed by atoms with E-state index in [-0.39, 0.29) is 18.3 Å². The van der Waals surface area contributed by atoms with Gasteiger partial charge in [-0.2, -0.15) is 5.10 Å². The highest BCUT2D eigenvalue weighted by Crippen LogP contribution is 2.27. The number of fused-ring (bicyclic) bond motifs is 1. The standard InChI is InChI=1S/C22H19FN4O2/c1-27-21-19(13-25-27)18(22(28)24-12-14-6-8-16(23)9-7-14)11-20(26-21)15-4-3-5-17(10-15)29-2/h3-11,13H,12H2,1-2H3,(H,24,28). The van der Waals surface area contributed by atoms with Gasteiger partial charge in [0, 0.05) is 19.2 Å². The summed E-state index contributed by atoms with van der Waals surface area (Å²) in [6.45, 7) is 0.289. The quantitative estimate of drug-likeness (QED) is 0.564. The Morgan fingerprint density at radius 1 is 1.17 bits per heavy atom. The number of hydrogen-bond acceptors (Lipinski definition) is 4. The molecule has 0 spiro atoms. The van der Waals surface area contributed by atoms with Crippen molar-refractivity contribution in [2.24, 2.45) is 7.05 Å². The molecule has 1 N–H and O–H groups in total. The van der Waals surface area contributed by atoms with Crippen LogP contribution in [0, 0.1) is 5.82 Å². The minimum atomic E-state index is -0.311. The van der Waals surface area contributed by atoms with Crippen LogP contribution in [0.15, 0.2) is 60.8 Å². The van der Waals surface area contributed by atoms with Crippen LogP contribution in [0.1, 0.15) is 15.9 Å². The van der Waals surface area contributed by atoms with Crippen molar-refractivity contribution in [3.05, 3.63) is 77.7 Å². The fourth-order valence-electron chi connectivity index (χ4n) is 3.11. The van der Waals surface area contributed by atoms with Crippen molar-refractivity contribution in [2.75, 3.05) is 7.11 Å². The molecule has 1 amide bonds. The molecular formula is C22H19FN4O2. The Balaban J connectivity index is 1.70. The number of rotatable bonds is 5. The van der Waals surface area contributed by atoms with Crippen LogP contribution >= 0.6 is 0 Å². The summed E-state index contributed by atoms with van der Waals surface area (Å²) in [5.74, 6) is 0.143. The lowest BCUT2D eigenvalue weighted by atomic mass is 10.1. The third-order valence-corrected chi connectivity index (χ3v) is 4.68. The average molecular weight is 390 g/mol. The molecule has 0 saturated carbocycles. The van der Waals surface area contributed by atoms with Gasteiger partial charge in [0.1, 0.15) is 11.6 Å². The van der Waals surface area contributed by atoms with Crippen LogP contribution in [-0.2, 0) is 13.6 Å². The lowest BCUT2D eigenvalue weighted by molar-refractivity contribution is 0.0952. The van der Waals surface area contributed by atoms with E-state index in [1.165, 1.54) is 12.1 Å². The summed E-state index contributed by atoms with van der Waals surface area (Å²) in [7, 11) is 3.38. The molecule has 0 radical (unpaired) electrons. The molecule has 146 valence electrons. The number of nitrogens with one attached hydrogen (secondary N) is 1. The second kappa shape index (κ2) is 7.71. The Morgan fingerprint density at radius 2 is 1.97 bits per heavy atom. The minimum absolute atomic E-state index is 0.251. The molecule has 0 aliphatic heterocycles. The SMILES string of the molecule is COc1cccc(-c2cc(C(=O)NCc3ccc(F)cc3)c3cnn(C)c3n2)c1. The van der Waals surface area contributed by atoms with Crippen LogP contribution in [0.25, 0.3) is 22.3 Å². The number of ether oxygens (including phenoxy) is 1. The van der Waals surface area contributed by atoms with Crippen LogP contribution in [-0.4, -0.2) is 27.8 Å². The Bertz CT molecular complexity index is 1190. The first-order valence-electron chi connectivity index (χ1n) is 9.05. The first-order chi connectivity index (χ1) is 14.0. The van der Waals surface area contributed by atoms with Gasteiger partial charge in [-0.15, -0.1) is 0 Å². The Labute approximate surface area is 167 Å². The van der Waals surface area contributed by atoms with Gasteiger partial charge in [-0.3, -0.25) is 9.48 Å². The van der Waals surface area contributed by atoms with Gasteiger partial charge in [-0.1, -0.05) is 24.3 Å². The summed E-state index contributed by atoms with van der Waals surface area (Å²) in [5.41, 5.74) is 3.37. The maximum absolute atomic E-state index is 13.1. The average Bonchev–Trinajstić information content (AvgIpc) is 3.13. The molecular weight excluding hydrogens is 371 g/mol. The molecule has 0 saturated heterocycles. The lowest BCUT2D eigenvalue weighted by Crippen LogP contribution is -2.23. The molecule has 29 heavy (non-hydrogen) atoms. The van der Waals surface area contributed by atoms with Gasteiger partial charge in [-0.05, 0) is 35.9 Å². The topological polar surface area (TPSA) is 69.0 Å². The monoisotopic (exact) mass is 390 g/mol. The molecule has 0 aliphatic carbocycles. The third-order valence-electron chi connectivity index (χ3n) is 4.68. The molecule has 2 aromatic heterocycles. The predicted octanol–water partition coefficient (Wildman–Crippen LogP) is 3.71. The highest BCUT2D eigenvalue weighted by atomic mass is 19.1. The Hall–Kier alpha value is -3.74. The Morgan fingerprint density at radius 3 is 2.72 bits per heavy atom. The Kier molecular flexibility index (Phi) is 4.95. The third kappa shape index (κ3) is 3.80. The summed E-state index contributed by atoms with van der Waals surface area (Å²) in [6, 6.07) is 15.3. The van der Waals surface area contributed by atoms with Crippen molar-refractivity contribution in [3.8, 4) is 17.0 Å². The number of methoxy groups -OCH3 is 1. The number of carbonyl (C=O) groups is 1. The molecule has 7 heteroatoms. The summed E-state index contributed by atoms with van der Waals surface area (Å²) >= 11 is 0. The molecule has 0 fully saturated rings. The van der Waals surface area contributed by atoms with Gasteiger partial charge in [0.05, 0.1) is 30.0 Å². The van der Waals surface area contributed by atoms with Gasteiger partial charge >= 0.3 is 0 Å². The normalized spacial score (nSPS) is 10.9. The summed E-state index contributed by atoms with van der Waals surface area (Å²) in [5, 5.41) is 7.79. The van der Waals surface area contributed by atoms with Gasteiger partial charge in [0.2, 0.25) is 0 Å². The van der Waals surface area contributed by atoms with E-state index < -0.39 is 0 Å². The molecule has 0 unspecified atom stereocenters. The van der Waals surface area contributed by atoms with Gasteiger partial charge < -0.3 is 10.1 Å². The van der Waals surface area contributed by atoms with E-state index >= 15 is 0 Å². The molecule has 6 nitrogen and oxygen atoms in total. The first-order valence-corrected chi connectivity index (χ1v) is 9.05. The first kappa shape index (κ1) is 18.6. The van der Waals surface area contributed by atoms with Crippen LogP contribution in [0.4, 0.5) is 4.39 Å². The zero-order valence-electron chi connectivity index (χ0n) is 16.0. The number of aromatic nitrogens is 3. The minimum Gasteiger partial charge on any atom is -0.497 e. The van der Waals surface area contributed by atoms with E-state index in [0.717, 1.165) is 11.1 Å². The van der Waals surface area contributed by atoms with Gasteiger partial charge in [-0.25, -0.2) is 9.37 Å². The van der Waals surface area contributed by atoms with Crippen LogP contribution in [0.5, 0.6) is 5.75 Å². The van der Waals surface area contributed by atoms with Crippen molar-refractivity contribution in [3.63, 3.8) is 0 Å². The highest BCUT2D eigenvalue weighted by molar-refractivity contribution is 6.06. The van der Waals surface area contributed by atoms with Crippen molar-refractivity contribution >= 4 is 16.9 Å². The fourth-order valence-corrected chi connectivity index (χ4v) is 3.11. The van der Waals surface area contributed by atoms with E-state index in [1.54, 1.807) is 43.2 Å². The smallest absolute Gasteiger partial charge is 0.252 e. The molecule has 0 atom stereocenters. The number of aryl methyl sites for hydroxylation is 1. The van der Waals surface area contributed by atoms with Crippen molar-refractivity contribution in [1.82, 2.24) is 20.1 Å². The molecule has 0 aliphatic rings. The highest BCUT2D eigenvalue weighted by Gasteiger charge is 2.17. The summed E-state index contributed by atoms with van der Waals surface area (Å²) < 4.78 is 20.0. The van der Waals surface area contributed by atoms with Crippen molar-refractivity contribution in [2.45, 2.75) is 6.54 Å². The number of carbonyl (C=O) groups excluding carboxylic acids is 1. The zero-order valence-corrected chi connectivity index (χ0v) is 16.0. The lowest BCUT2D eigenvalue weighted by Gasteiger charge is -2.10. The van der Waals surface area contributed by atoms with Gasteiger partial charge in [0.15, 0.2) is 5.65 Å². The number of halogens is 1. The van der Waals surface area contributed by atoms with Crippen molar-refractivity contribution < 1.29 is 13.9 Å². The second-order valence-electron chi connectivity index (χ2n) is 6.60. The van der Waals surface area contributed by atoms with Crippen molar-refractivity contribution in [1.29, 1.82) is 0 Å². The summed E-state index contributed by atoms with van der Waals surface area (Å²) in [4.78, 5) is 17.6. The van der Waals surface area contributed by atoms with Crippen LogP contribution in [0.2, 0.25) is 0 Å². The summed E-state index contributed by atoms with van der Waals surface area (Å²) in [6.07, 6.45) is 1.63. The molecule has 4 aromatic rings. The zero-order chi connectivity index (χ0) is 20.4. The second-order valence-corrected chi connectivity index (χ2v) is 6.60. The van der Waals surface area contributed by atoms with Crippen LogP contribution in [0.3, 0.4) is 0 Å². The largest absolute Gasteiger partial charge is 0.497 e. The maximum atomic E-state index is 13.1. The number of amides is 1. The molecule has 0 bridgehead atoms. The number of pyridine rings is 1. The van der Waals surface area contributed by atoms with E-state index in [1.807, 2.05) is 24.3 Å². The fraction of sp³-hybridized carbons (Fsp3) is 0.136. The molecule has 2 aromatic carbocycles. The van der Waals surface area contributed by atoms with E-state index in [0.29, 0.717) is 28.0 Å². The number of nitrogens with zero attached hydrogens (tertiary/aromatic N) is 3. The predicted molar refractivity (Wildman–Crippen MR) is 108 cm³/mol. The number of hydrogen-bond donors (Lipinski definition) is 1. The van der Waals surface area contributed by atoms with E-state index in [9.17, 15) is 9.18 Å². The van der Waals surface area contributed by atoms with Crippen LogP contribution < -0.4 is 10.1 Å². The van der Waals surface area contributed by atoms with E-state index in [4.69, 9.17) is 4.74 Å². The molecule has 2 heterocycles. The number of benzene rings is 2. The molecule has 4 rings (SSSR count). The van der Waals surface area contributed by atoms with Gasteiger partial charge in [0.25, 0.3) is 5.91 Å². The maximum Gasteiger partial charge on any atom is 0.252 e. The van der Waals surface area contributed by atoms with E-state index in [2.05, 4.69) is 15.4 Å².